The van der Waals surface area contributed by atoms with Gasteiger partial charge in [0.1, 0.15) is 0 Å². The van der Waals surface area contributed by atoms with Crippen LogP contribution in [-0.4, -0.2) is 22.5 Å². The maximum atomic E-state index is 11.6. The molecule has 1 aromatic carbocycles. The first-order valence-electron chi connectivity index (χ1n) is 7.68. The standard InChI is InChI=1S/C15H23N3O5/c1-5-10(4)16-14-13(17(19)20)8-11(6-2)12(9-23-7-3)15(14)18(21)22/h8,10,16H,5-7,9H2,1-4H3. The lowest BCUT2D eigenvalue weighted by Crippen LogP contribution is -2.17. The zero-order valence-corrected chi connectivity index (χ0v) is 13.9. The number of nitro benzene ring substituents is 2. The normalized spacial score (nSPS) is 12.0. The van der Waals surface area contributed by atoms with Crippen LogP contribution in [0.5, 0.6) is 0 Å². The minimum atomic E-state index is -0.582. The van der Waals surface area contributed by atoms with Crippen LogP contribution < -0.4 is 5.32 Å². The van der Waals surface area contributed by atoms with Crippen molar-refractivity contribution >= 4 is 17.1 Å². The summed E-state index contributed by atoms with van der Waals surface area (Å²) in [5.41, 5.74) is 0.391. The van der Waals surface area contributed by atoms with E-state index in [0.717, 1.165) is 0 Å². The molecule has 0 saturated carbocycles. The van der Waals surface area contributed by atoms with Crippen molar-refractivity contribution in [2.45, 2.75) is 53.2 Å². The van der Waals surface area contributed by atoms with Crippen molar-refractivity contribution in [3.63, 3.8) is 0 Å². The van der Waals surface area contributed by atoms with Gasteiger partial charge < -0.3 is 10.1 Å². The number of rotatable bonds is 9. The third-order valence-corrected chi connectivity index (χ3v) is 3.69. The van der Waals surface area contributed by atoms with Crippen LogP contribution in [-0.2, 0) is 17.8 Å². The molecule has 23 heavy (non-hydrogen) atoms. The molecule has 0 spiro atoms. The Hall–Kier alpha value is -2.22. The Labute approximate surface area is 135 Å². The fourth-order valence-corrected chi connectivity index (χ4v) is 2.27. The molecule has 0 bridgehead atoms. The summed E-state index contributed by atoms with van der Waals surface area (Å²) in [4.78, 5) is 21.8. The van der Waals surface area contributed by atoms with Gasteiger partial charge in [0.2, 0.25) is 0 Å². The topological polar surface area (TPSA) is 108 Å². The molecule has 0 amide bonds. The van der Waals surface area contributed by atoms with Crippen LogP contribution in [0.1, 0.15) is 45.2 Å². The lowest BCUT2D eigenvalue weighted by molar-refractivity contribution is -0.393. The van der Waals surface area contributed by atoms with Crippen LogP contribution in [0.3, 0.4) is 0 Å². The fourth-order valence-electron chi connectivity index (χ4n) is 2.27. The minimum absolute atomic E-state index is 0.0405. The number of hydrogen-bond donors (Lipinski definition) is 1. The molecule has 1 aromatic rings. The summed E-state index contributed by atoms with van der Waals surface area (Å²) in [6.07, 6.45) is 1.14. The van der Waals surface area contributed by atoms with Crippen molar-refractivity contribution in [3.8, 4) is 0 Å². The Bertz CT molecular complexity index is 589. The van der Waals surface area contributed by atoms with Crippen molar-refractivity contribution in [3.05, 3.63) is 37.4 Å². The van der Waals surface area contributed by atoms with Crippen LogP contribution >= 0.6 is 0 Å². The maximum Gasteiger partial charge on any atom is 0.305 e. The van der Waals surface area contributed by atoms with E-state index in [1.54, 1.807) is 13.8 Å². The Balaban J connectivity index is 3.65. The predicted molar refractivity (Wildman–Crippen MR) is 87.8 cm³/mol. The number of ether oxygens (including phenoxy) is 1. The van der Waals surface area contributed by atoms with Crippen LogP contribution in [0, 0.1) is 20.2 Å². The summed E-state index contributed by atoms with van der Waals surface area (Å²) in [6.45, 7) is 7.79. The molecular weight excluding hydrogens is 302 g/mol. The molecule has 0 radical (unpaired) electrons. The second kappa shape index (κ2) is 8.42. The van der Waals surface area contributed by atoms with Gasteiger partial charge in [-0.1, -0.05) is 13.8 Å². The number of nitro groups is 2. The van der Waals surface area contributed by atoms with Crippen molar-refractivity contribution in [1.29, 1.82) is 0 Å². The number of benzene rings is 1. The molecule has 1 rings (SSSR count). The number of nitrogens with one attached hydrogen (secondary N) is 1. The first-order chi connectivity index (χ1) is 10.9. The van der Waals surface area contributed by atoms with E-state index in [9.17, 15) is 20.2 Å². The molecular formula is C15H23N3O5. The van der Waals surface area contributed by atoms with Crippen molar-refractivity contribution in [2.75, 3.05) is 11.9 Å². The zero-order chi connectivity index (χ0) is 17.6. The Morgan fingerprint density at radius 3 is 2.30 bits per heavy atom. The summed E-state index contributed by atoms with van der Waals surface area (Å²) in [5, 5.41) is 25.9. The van der Waals surface area contributed by atoms with Crippen molar-refractivity contribution in [2.24, 2.45) is 0 Å². The molecule has 0 heterocycles. The van der Waals surface area contributed by atoms with E-state index in [1.165, 1.54) is 6.07 Å². The first kappa shape index (κ1) is 18.8. The molecule has 8 nitrogen and oxygen atoms in total. The van der Waals surface area contributed by atoms with Crippen LogP contribution in [0.25, 0.3) is 0 Å². The Kier molecular flexibility index (Phi) is 6.89. The SMILES string of the molecule is CCOCc1c(CC)cc([N+](=O)[O-])c(NC(C)CC)c1[N+](=O)[O-]. The van der Waals surface area contributed by atoms with Crippen molar-refractivity contribution in [1.82, 2.24) is 0 Å². The molecule has 128 valence electrons. The average Bonchev–Trinajstić information content (AvgIpc) is 2.51. The highest BCUT2D eigenvalue weighted by Gasteiger charge is 2.32. The summed E-state index contributed by atoms with van der Waals surface area (Å²) in [7, 11) is 0. The number of aryl methyl sites for hydroxylation is 1. The quantitative estimate of drug-likeness (QED) is 0.546. The number of nitrogens with zero attached hydrogens (tertiary/aromatic N) is 2. The van der Waals surface area contributed by atoms with Gasteiger partial charge in [-0.25, -0.2) is 0 Å². The molecule has 0 aliphatic carbocycles. The number of anilines is 1. The molecule has 0 aliphatic heterocycles. The average molecular weight is 325 g/mol. The monoisotopic (exact) mass is 325 g/mol. The van der Waals surface area contributed by atoms with Gasteiger partial charge in [0.05, 0.1) is 22.0 Å². The van der Waals surface area contributed by atoms with E-state index in [1.807, 2.05) is 13.8 Å². The fraction of sp³-hybridized carbons (Fsp3) is 0.600. The van der Waals surface area contributed by atoms with Crippen LogP contribution in [0.4, 0.5) is 17.1 Å². The molecule has 8 heteroatoms. The van der Waals surface area contributed by atoms with E-state index in [4.69, 9.17) is 4.74 Å². The molecule has 0 saturated heterocycles. The Morgan fingerprint density at radius 2 is 1.87 bits per heavy atom. The zero-order valence-electron chi connectivity index (χ0n) is 13.9. The molecule has 1 atom stereocenters. The largest absolute Gasteiger partial charge is 0.377 e. The molecule has 0 fully saturated rings. The second-order valence-corrected chi connectivity index (χ2v) is 5.22. The van der Waals surface area contributed by atoms with E-state index in [0.29, 0.717) is 30.6 Å². The van der Waals surface area contributed by atoms with E-state index < -0.39 is 9.85 Å². The predicted octanol–water partition coefficient (Wildman–Crippen LogP) is 3.81. The van der Waals surface area contributed by atoms with E-state index in [2.05, 4.69) is 5.32 Å². The third kappa shape index (κ3) is 4.38. The highest BCUT2D eigenvalue weighted by molar-refractivity contribution is 5.78. The number of hydrogen-bond acceptors (Lipinski definition) is 6. The highest BCUT2D eigenvalue weighted by Crippen LogP contribution is 2.40. The summed E-state index contributed by atoms with van der Waals surface area (Å²) in [6, 6.07) is 1.28. The van der Waals surface area contributed by atoms with Gasteiger partial charge in [-0.15, -0.1) is 0 Å². The molecule has 0 aromatic heterocycles. The molecule has 1 N–H and O–H groups in total. The highest BCUT2D eigenvalue weighted by atomic mass is 16.6. The molecule has 0 aliphatic rings. The van der Waals surface area contributed by atoms with Crippen molar-refractivity contribution < 1.29 is 14.6 Å². The first-order valence-corrected chi connectivity index (χ1v) is 7.68. The minimum Gasteiger partial charge on any atom is -0.377 e. The lowest BCUT2D eigenvalue weighted by atomic mass is 10.00. The van der Waals surface area contributed by atoms with Gasteiger partial charge in [0, 0.05) is 18.7 Å². The Morgan fingerprint density at radius 1 is 1.22 bits per heavy atom. The third-order valence-electron chi connectivity index (χ3n) is 3.69. The molecule has 1 unspecified atom stereocenters. The summed E-state index contributed by atoms with van der Waals surface area (Å²) in [5.74, 6) is 0. The maximum absolute atomic E-state index is 11.6. The smallest absolute Gasteiger partial charge is 0.305 e. The van der Waals surface area contributed by atoms with Crippen LogP contribution in [0.15, 0.2) is 6.07 Å². The van der Waals surface area contributed by atoms with Crippen LogP contribution in [0.2, 0.25) is 0 Å². The van der Waals surface area contributed by atoms with Gasteiger partial charge in [-0.2, -0.15) is 0 Å². The second-order valence-electron chi connectivity index (χ2n) is 5.22. The van der Waals surface area contributed by atoms with E-state index in [-0.39, 0.29) is 29.7 Å². The van der Waals surface area contributed by atoms with Gasteiger partial charge in [0.15, 0.2) is 5.69 Å². The lowest BCUT2D eigenvalue weighted by Gasteiger charge is -2.17. The summed E-state index contributed by atoms with van der Waals surface area (Å²) < 4.78 is 5.34. The van der Waals surface area contributed by atoms with Gasteiger partial charge >= 0.3 is 5.69 Å². The summed E-state index contributed by atoms with van der Waals surface area (Å²) >= 11 is 0. The van der Waals surface area contributed by atoms with Gasteiger partial charge in [-0.3, -0.25) is 20.2 Å². The van der Waals surface area contributed by atoms with Gasteiger partial charge in [-0.05, 0) is 32.3 Å². The van der Waals surface area contributed by atoms with Gasteiger partial charge in [0.25, 0.3) is 5.69 Å². The van der Waals surface area contributed by atoms with E-state index >= 15 is 0 Å².